The third-order valence-electron chi connectivity index (χ3n) is 3.30. The molecule has 1 aromatic rings. The van der Waals surface area contributed by atoms with Crippen LogP contribution in [-0.4, -0.2) is 37.0 Å². The van der Waals surface area contributed by atoms with E-state index < -0.39 is 0 Å². The molecule has 0 radical (unpaired) electrons. The van der Waals surface area contributed by atoms with Gasteiger partial charge in [-0.15, -0.1) is 12.4 Å². The molecule has 3 nitrogen and oxygen atoms in total. The van der Waals surface area contributed by atoms with Crippen molar-refractivity contribution in [3.63, 3.8) is 0 Å². The number of likely N-dealkylation sites (tertiary alicyclic amines) is 1. The number of rotatable bonds is 2. The Kier molecular flexibility index (Phi) is 5.45. The minimum atomic E-state index is 0. The van der Waals surface area contributed by atoms with Gasteiger partial charge in [-0.05, 0) is 38.1 Å². The second-order valence-electron chi connectivity index (χ2n) is 4.49. The Labute approximate surface area is 119 Å². The zero-order valence-corrected chi connectivity index (χ0v) is 12.1. The molecule has 1 aliphatic rings. The van der Waals surface area contributed by atoms with Crippen molar-refractivity contribution >= 4 is 29.9 Å². The minimum absolute atomic E-state index is 0. The number of benzene rings is 1. The van der Waals surface area contributed by atoms with E-state index in [1.54, 1.807) is 6.07 Å². The summed E-state index contributed by atoms with van der Waals surface area (Å²) in [4.78, 5) is 14.1. The van der Waals surface area contributed by atoms with Gasteiger partial charge in [0.15, 0.2) is 0 Å². The molecular weight excluding hydrogens is 271 g/mol. The quantitative estimate of drug-likeness (QED) is 0.907. The number of carbonyl (C=O) groups excluding carboxylic acids is 1. The van der Waals surface area contributed by atoms with Gasteiger partial charge < -0.3 is 10.2 Å². The molecule has 1 aliphatic heterocycles. The summed E-state index contributed by atoms with van der Waals surface area (Å²) in [6.45, 7) is 3.53. The Morgan fingerprint density at radius 1 is 1.50 bits per heavy atom. The molecular formula is C13H18Cl2N2O. The van der Waals surface area contributed by atoms with Gasteiger partial charge in [-0.25, -0.2) is 0 Å². The van der Waals surface area contributed by atoms with Gasteiger partial charge in [0.25, 0.3) is 5.91 Å². The SMILES string of the molecule is CNC1CCN(C(=O)c2ccc(C)c(Cl)c2)C1.Cl. The summed E-state index contributed by atoms with van der Waals surface area (Å²) in [5.41, 5.74) is 1.68. The van der Waals surface area contributed by atoms with Crippen LogP contribution in [0.25, 0.3) is 0 Å². The van der Waals surface area contributed by atoms with Gasteiger partial charge in [-0.2, -0.15) is 0 Å². The summed E-state index contributed by atoms with van der Waals surface area (Å²) >= 11 is 6.04. The topological polar surface area (TPSA) is 32.3 Å². The van der Waals surface area contributed by atoms with Crippen LogP contribution in [0.4, 0.5) is 0 Å². The zero-order valence-electron chi connectivity index (χ0n) is 10.6. The third kappa shape index (κ3) is 3.16. The van der Waals surface area contributed by atoms with E-state index in [1.165, 1.54) is 0 Å². The molecule has 1 heterocycles. The molecule has 0 bridgehead atoms. The van der Waals surface area contributed by atoms with Gasteiger partial charge in [-0.3, -0.25) is 4.79 Å². The Balaban J connectivity index is 0.00000162. The number of amides is 1. The zero-order chi connectivity index (χ0) is 12.4. The van der Waals surface area contributed by atoms with E-state index in [9.17, 15) is 4.79 Å². The van der Waals surface area contributed by atoms with E-state index in [-0.39, 0.29) is 18.3 Å². The fourth-order valence-corrected chi connectivity index (χ4v) is 2.27. The summed E-state index contributed by atoms with van der Waals surface area (Å²) in [5, 5.41) is 3.85. The maximum atomic E-state index is 12.2. The lowest BCUT2D eigenvalue weighted by Gasteiger charge is -2.16. The van der Waals surface area contributed by atoms with Crippen molar-refractivity contribution in [1.82, 2.24) is 10.2 Å². The van der Waals surface area contributed by atoms with Crippen molar-refractivity contribution in [1.29, 1.82) is 0 Å². The van der Waals surface area contributed by atoms with Crippen LogP contribution in [0, 0.1) is 6.92 Å². The Bertz CT molecular complexity index is 437. The van der Waals surface area contributed by atoms with E-state index in [2.05, 4.69) is 5.32 Å². The molecule has 1 fully saturated rings. The molecule has 1 unspecified atom stereocenters. The molecule has 0 aromatic heterocycles. The number of nitrogens with zero attached hydrogens (tertiary/aromatic N) is 1. The highest BCUT2D eigenvalue weighted by molar-refractivity contribution is 6.31. The van der Waals surface area contributed by atoms with Crippen LogP contribution in [0.15, 0.2) is 18.2 Å². The van der Waals surface area contributed by atoms with E-state index in [0.717, 1.165) is 25.1 Å². The largest absolute Gasteiger partial charge is 0.337 e. The summed E-state index contributed by atoms with van der Waals surface area (Å²) in [7, 11) is 1.93. The molecule has 5 heteroatoms. The van der Waals surface area contributed by atoms with Crippen LogP contribution < -0.4 is 5.32 Å². The van der Waals surface area contributed by atoms with Gasteiger partial charge >= 0.3 is 0 Å². The summed E-state index contributed by atoms with van der Waals surface area (Å²) in [5.74, 6) is 0.0738. The number of likely N-dealkylation sites (N-methyl/N-ethyl adjacent to an activating group) is 1. The minimum Gasteiger partial charge on any atom is -0.337 e. The molecule has 1 amide bonds. The van der Waals surface area contributed by atoms with Gasteiger partial charge in [0.2, 0.25) is 0 Å². The smallest absolute Gasteiger partial charge is 0.253 e. The van der Waals surface area contributed by atoms with E-state index >= 15 is 0 Å². The maximum absolute atomic E-state index is 12.2. The molecule has 18 heavy (non-hydrogen) atoms. The first-order chi connectivity index (χ1) is 8.11. The normalized spacial score (nSPS) is 18.6. The van der Waals surface area contributed by atoms with Gasteiger partial charge in [0.1, 0.15) is 0 Å². The Morgan fingerprint density at radius 2 is 2.22 bits per heavy atom. The molecule has 2 rings (SSSR count). The highest BCUT2D eigenvalue weighted by atomic mass is 35.5. The molecule has 1 N–H and O–H groups in total. The highest BCUT2D eigenvalue weighted by Crippen LogP contribution is 2.19. The number of halogens is 2. The van der Waals surface area contributed by atoms with Gasteiger partial charge in [0, 0.05) is 29.7 Å². The predicted octanol–water partition coefficient (Wildman–Crippen LogP) is 2.50. The number of hydrogen-bond acceptors (Lipinski definition) is 2. The molecule has 100 valence electrons. The first kappa shape index (κ1) is 15.3. The van der Waals surface area contributed by atoms with Crippen molar-refractivity contribution in [3.8, 4) is 0 Å². The third-order valence-corrected chi connectivity index (χ3v) is 3.71. The predicted molar refractivity (Wildman–Crippen MR) is 76.8 cm³/mol. The number of hydrogen-bond donors (Lipinski definition) is 1. The van der Waals surface area contributed by atoms with Crippen LogP contribution in [0.1, 0.15) is 22.3 Å². The van der Waals surface area contributed by atoms with Gasteiger partial charge in [0.05, 0.1) is 0 Å². The lowest BCUT2D eigenvalue weighted by atomic mass is 10.1. The number of carbonyl (C=O) groups is 1. The van der Waals surface area contributed by atoms with Crippen molar-refractivity contribution in [3.05, 3.63) is 34.3 Å². The lowest BCUT2D eigenvalue weighted by Crippen LogP contribution is -2.33. The average Bonchev–Trinajstić information content (AvgIpc) is 2.80. The summed E-state index contributed by atoms with van der Waals surface area (Å²) in [6.07, 6.45) is 1.02. The van der Waals surface area contributed by atoms with Crippen LogP contribution in [0.5, 0.6) is 0 Å². The summed E-state index contributed by atoms with van der Waals surface area (Å²) in [6, 6.07) is 5.91. The number of nitrogens with one attached hydrogen (secondary N) is 1. The van der Waals surface area contributed by atoms with Crippen molar-refractivity contribution in [2.45, 2.75) is 19.4 Å². The first-order valence-corrected chi connectivity index (χ1v) is 6.22. The van der Waals surface area contributed by atoms with Gasteiger partial charge in [-0.1, -0.05) is 17.7 Å². The van der Waals surface area contributed by atoms with Crippen molar-refractivity contribution in [2.24, 2.45) is 0 Å². The van der Waals surface area contributed by atoms with E-state index in [1.807, 2.05) is 31.0 Å². The summed E-state index contributed by atoms with van der Waals surface area (Å²) < 4.78 is 0. The fourth-order valence-electron chi connectivity index (χ4n) is 2.09. The average molecular weight is 289 g/mol. The second kappa shape index (κ2) is 6.41. The second-order valence-corrected chi connectivity index (χ2v) is 4.90. The maximum Gasteiger partial charge on any atom is 0.253 e. The molecule has 1 atom stereocenters. The highest BCUT2D eigenvalue weighted by Gasteiger charge is 2.25. The molecule has 0 spiro atoms. The molecule has 1 saturated heterocycles. The van der Waals surface area contributed by atoms with E-state index in [4.69, 9.17) is 11.6 Å². The lowest BCUT2D eigenvalue weighted by molar-refractivity contribution is 0.0789. The standard InChI is InChI=1S/C13H17ClN2O.ClH/c1-9-3-4-10(7-12(9)14)13(17)16-6-5-11(8-16)15-2;/h3-4,7,11,15H,5-6,8H2,1-2H3;1H. The van der Waals surface area contributed by atoms with Crippen molar-refractivity contribution < 1.29 is 4.79 Å². The van der Waals surface area contributed by atoms with Crippen LogP contribution in [0.2, 0.25) is 5.02 Å². The Hall–Kier alpha value is -0.770. The fraction of sp³-hybridized carbons (Fsp3) is 0.462. The first-order valence-electron chi connectivity index (χ1n) is 5.84. The molecule has 1 aromatic carbocycles. The van der Waals surface area contributed by atoms with E-state index in [0.29, 0.717) is 16.6 Å². The monoisotopic (exact) mass is 288 g/mol. The Morgan fingerprint density at radius 3 is 2.78 bits per heavy atom. The van der Waals surface area contributed by atoms with Crippen LogP contribution in [-0.2, 0) is 0 Å². The van der Waals surface area contributed by atoms with Crippen molar-refractivity contribution in [2.75, 3.05) is 20.1 Å². The van der Waals surface area contributed by atoms with Crippen LogP contribution >= 0.6 is 24.0 Å². The van der Waals surface area contributed by atoms with Crippen LogP contribution in [0.3, 0.4) is 0 Å². The molecule has 0 saturated carbocycles. The number of aryl methyl sites for hydroxylation is 1. The molecule has 0 aliphatic carbocycles.